The van der Waals surface area contributed by atoms with Crippen LogP contribution in [0.3, 0.4) is 0 Å². The highest BCUT2D eigenvalue weighted by molar-refractivity contribution is 7.80. The van der Waals surface area contributed by atoms with Crippen LogP contribution in [0, 0.1) is 0 Å². The van der Waals surface area contributed by atoms with Crippen LogP contribution in [0.1, 0.15) is 19.4 Å². The number of carbonyl (C=O) groups is 1. The Labute approximate surface area is 131 Å². The van der Waals surface area contributed by atoms with Crippen LogP contribution >= 0.6 is 12.2 Å². The Kier molecular flexibility index (Phi) is 6.11. The lowest BCUT2D eigenvalue weighted by molar-refractivity contribution is -0.123. The smallest absolute Gasteiger partial charge is 0.258 e. The molecule has 1 aromatic carbocycles. The van der Waals surface area contributed by atoms with Crippen molar-refractivity contribution >= 4 is 23.1 Å². The van der Waals surface area contributed by atoms with Gasteiger partial charge in [0.25, 0.3) is 5.91 Å². The number of likely N-dealkylation sites (N-methyl/N-ethyl adjacent to an activating group) is 1. The molecular weight excluding hydrogens is 286 g/mol. The summed E-state index contributed by atoms with van der Waals surface area (Å²) in [7, 11) is 3.95. The van der Waals surface area contributed by atoms with E-state index >= 15 is 0 Å². The monoisotopic (exact) mass is 309 g/mol. The average Bonchev–Trinajstić information content (AvgIpc) is 2.43. The summed E-state index contributed by atoms with van der Waals surface area (Å²) in [4.78, 5) is 14.1. The fraction of sp³-hybridized carbons (Fsp3) is 0.467. The summed E-state index contributed by atoms with van der Waals surface area (Å²) in [6.45, 7) is 4.58. The molecule has 0 unspecified atom stereocenters. The molecule has 3 N–H and O–H groups in total. The molecular formula is C15H23N3O2S. The lowest BCUT2D eigenvalue weighted by Gasteiger charge is -2.32. The standard InChI is InChI=1S/C15H23N3O2S/c1-15(2,18(3)4)10-17-13(19)9-20-12-8-6-5-7-11(12)14(16)21/h5-8H,9-10H2,1-4H3,(H2,16,21)(H,17,19). The van der Waals surface area contributed by atoms with Gasteiger partial charge in [0.1, 0.15) is 10.7 Å². The number of amides is 1. The van der Waals surface area contributed by atoms with Crippen molar-refractivity contribution in [1.82, 2.24) is 10.2 Å². The van der Waals surface area contributed by atoms with Crippen molar-refractivity contribution in [3.05, 3.63) is 29.8 Å². The molecule has 1 amide bonds. The molecule has 0 aliphatic carbocycles. The van der Waals surface area contributed by atoms with E-state index < -0.39 is 0 Å². The molecule has 0 aliphatic heterocycles. The molecule has 0 aromatic heterocycles. The Bertz CT molecular complexity index is 515. The zero-order chi connectivity index (χ0) is 16.0. The summed E-state index contributed by atoms with van der Waals surface area (Å²) in [5.74, 6) is 0.342. The number of para-hydroxylation sites is 1. The van der Waals surface area contributed by atoms with Crippen LogP contribution in [-0.2, 0) is 4.79 Å². The molecule has 0 radical (unpaired) electrons. The molecule has 5 nitrogen and oxygen atoms in total. The molecule has 116 valence electrons. The first kappa shape index (κ1) is 17.4. The van der Waals surface area contributed by atoms with Gasteiger partial charge in [0.05, 0.1) is 5.56 Å². The van der Waals surface area contributed by atoms with Gasteiger partial charge in [0.15, 0.2) is 6.61 Å². The maximum absolute atomic E-state index is 11.8. The van der Waals surface area contributed by atoms with Gasteiger partial charge < -0.3 is 20.7 Å². The largest absolute Gasteiger partial charge is 0.483 e. The Morgan fingerprint density at radius 2 is 2.00 bits per heavy atom. The first-order valence-electron chi connectivity index (χ1n) is 6.70. The molecule has 21 heavy (non-hydrogen) atoms. The van der Waals surface area contributed by atoms with Crippen molar-refractivity contribution in [1.29, 1.82) is 0 Å². The summed E-state index contributed by atoms with van der Waals surface area (Å²) in [5.41, 5.74) is 6.13. The average molecular weight is 309 g/mol. The maximum atomic E-state index is 11.8. The normalized spacial score (nSPS) is 11.3. The van der Waals surface area contributed by atoms with Gasteiger partial charge >= 0.3 is 0 Å². The minimum atomic E-state index is -0.178. The Morgan fingerprint density at radius 3 is 2.57 bits per heavy atom. The molecule has 0 spiro atoms. The third kappa shape index (κ3) is 5.32. The van der Waals surface area contributed by atoms with Gasteiger partial charge in [-0.25, -0.2) is 0 Å². The number of nitrogens with zero attached hydrogens (tertiary/aromatic N) is 1. The van der Waals surface area contributed by atoms with E-state index in [1.165, 1.54) is 0 Å². The minimum Gasteiger partial charge on any atom is -0.483 e. The third-order valence-electron chi connectivity index (χ3n) is 3.44. The number of ether oxygens (including phenoxy) is 1. The summed E-state index contributed by atoms with van der Waals surface area (Å²) in [6.07, 6.45) is 0. The molecule has 0 fully saturated rings. The zero-order valence-corrected chi connectivity index (χ0v) is 13.8. The SMILES string of the molecule is CN(C)C(C)(C)CNC(=O)COc1ccccc1C(N)=S. The molecule has 0 aliphatic rings. The summed E-state index contributed by atoms with van der Waals surface area (Å²) >= 11 is 4.95. The van der Waals surface area contributed by atoms with Gasteiger partial charge in [-0.1, -0.05) is 24.4 Å². The highest BCUT2D eigenvalue weighted by Crippen LogP contribution is 2.17. The highest BCUT2D eigenvalue weighted by Gasteiger charge is 2.21. The van der Waals surface area contributed by atoms with E-state index in [4.69, 9.17) is 22.7 Å². The van der Waals surface area contributed by atoms with E-state index in [0.29, 0.717) is 17.9 Å². The van der Waals surface area contributed by atoms with Crippen molar-refractivity contribution in [2.75, 3.05) is 27.2 Å². The summed E-state index contributed by atoms with van der Waals surface area (Å²) in [6, 6.07) is 7.14. The van der Waals surface area contributed by atoms with Crippen molar-refractivity contribution in [3.8, 4) is 5.75 Å². The van der Waals surface area contributed by atoms with Crippen LogP contribution in [0.25, 0.3) is 0 Å². The molecule has 0 heterocycles. The predicted octanol–water partition coefficient (Wildman–Crippen LogP) is 1.16. The van der Waals surface area contributed by atoms with E-state index in [-0.39, 0.29) is 23.0 Å². The molecule has 0 bridgehead atoms. The van der Waals surface area contributed by atoms with Crippen LogP contribution in [0.2, 0.25) is 0 Å². The molecule has 1 aromatic rings. The third-order valence-corrected chi connectivity index (χ3v) is 3.66. The molecule has 0 atom stereocenters. The van der Waals surface area contributed by atoms with Crippen molar-refractivity contribution < 1.29 is 9.53 Å². The quantitative estimate of drug-likeness (QED) is 0.740. The maximum Gasteiger partial charge on any atom is 0.258 e. The number of hydrogen-bond donors (Lipinski definition) is 2. The molecule has 0 saturated carbocycles. The van der Waals surface area contributed by atoms with Gasteiger partial charge in [-0.05, 0) is 40.1 Å². The topological polar surface area (TPSA) is 67.6 Å². The highest BCUT2D eigenvalue weighted by atomic mass is 32.1. The molecule has 1 rings (SSSR count). The molecule has 0 saturated heterocycles. The van der Waals surface area contributed by atoms with Crippen LogP contribution in [0.4, 0.5) is 0 Å². The Morgan fingerprint density at radius 1 is 1.38 bits per heavy atom. The Balaban J connectivity index is 2.53. The second-order valence-corrected chi connectivity index (χ2v) is 6.07. The van der Waals surface area contributed by atoms with Crippen LogP contribution < -0.4 is 15.8 Å². The van der Waals surface area contributed by atoms with Crippen LogP contribution in [-0.4, -0.2) is 48.6 Å². The summed E-state index contributed by atoms with van der Waals surface area (Å²) in [5, 5.41) is 2.85. The zero-order valence-electron chi connectivity index (χ0n) is 13.0. The van der Waals surface area contributed by atoms with Crippen molar-refractivity contribution in [2.24, 2.45) is 5.73 Å². The van der Waals surface area contributed by atoms with Crippen LogP contribution in [0.5, 0.6) is 5.75 Å². The fourth-order valence-corrected chi connectivity index (χ4v) is 1.63. The first-order chi connectivity index (χ1) is 9.74. The van der Waals surface area contributed by atoms with Gasteiger partial charge in [0, 0.05) is 12.1 Å². The predicted molar refractivity (Wildman–Crippen MR) is 88.6 cm³/mol. The van der Waals surface area contributed by atoms with E-state index in [9.17, 15) is 4.79 Å². The number of hydrogen-bond acceptors (Lipinski definition) is 4. The second kappa shape index (κ2) is 7.38. The second-order valence-electron chi connectivity index (χ2n) is 5.63. The number of thiocarbonyl (C=S) groups is 1. The minimum absolute atomic E-state index is 0.0663. The van der Waals surface area contributed by atoms with E-state index in [1.54, 1.807) is 12.1 Å². The van der Waals surface area contributed by atoms with Gasteiger partial charge in [0.2, 0.25) is 0 Å². The lowest BCUT2D eigenvalue weighted by atomic mass is 10.0. The number of rotatable bonds is 7. The van der Waals surface area contributed by atoms with Crippen LogP contribution in [0.15, 0.2) is 24.3 Å². The summed E-state index contributed by atoms with van der Waals surface area (Å²) < 4.78 is 5.49. The Hall–Kier alpha value is -1.66. The van der Waals surface area contributed by atoms with Gasteiger partial charge in [-0.3, -0.25) is 4.79 Å². The van der Waals surface area contributed by atoms with Gasteiger partial charge in [-0.2, -0.15) is 0 Å². The molecule has 6 heteroatoms. The number of nitrogens with two attached hydrogens (primary N) is 1. The van der Waals surface area contributed by atoms with Crippen molar-refractivity contribution in [3.63, 3.8) is 0 Å². The lowest BCUT2D eigenvalue weighted by Crippen LogP contribution is -2.49. The number of carbonyl (C=O) groups excluding carboxylic acids is 1. The van der Waals surface area contributed by atoms with Gasteiger partial charge in [-0.15, -0.1) is 0 Å². The fourth-order valence-electron chi connectivity index (χ4n) is 1.46. The van der Waals surface area contributed by atoms with E-state index in [0.717, 1.165) is 0 Å². The number of benzene rings is 1. The van der Waals surface area contributed by atoms with E-state index in [2.05, 4.69) is 24.1 Å². The number of nitrogens with one attached hydrogen (secondary N) is 1. The first-order valence-corrected chi connectivity index (χ1v) is 7.10. The van der Waals surface area contributed by atoms with E-state index in [1.807, 2.05) is 26.2 Å². The van der Waals surface area contributed by atoms with Crippen molar-refractivity contribution in [2.45, 2.75) is 19.4 Å².